The first-order chi connectivity index (χ1) is 8.70. The number of nitrogens with zero attached hydrogens (tertiary/aromatic N) is 1. The standard InChI is InChI=1S/C12H16F2N2O2S/c1-8(2)7-16(3)19(17,18)11-5-9(6-15)4-10(13)12(11)14/h4-5H,1,6-7,15H2,2-3H3. The summed E-state index contributed by atoms with van der Waals surface area (Å²) in [6.45, 7) is 5.16. The predicted octanol–water partition coefficient (Wildman–Crippen LogP) is 1.62. The van der Waals surface area contributed by atoms with E-state index in [0.29, 0.717) is 5.57 Å². The van der Waals surface area contributed by atoms with Crippen LogP contribution in [0, 0.1) is 11.6 Å². The first-order valence-electron chi connectivity index (χ1n) is 5.49. The van der Waals surface area contributed by atoms with Crippen LogP contribution in [0.3, 0.4) is 0 Å². The Morgan fingerprint density at radius 1 is 1.42 bits per heavy atom. The summed E-state index contributed by atoms with van der Waals surface area (Å²) in [5.41, 5.74) is 6.12. The van der Waals surface area contributed by atoms with Crippen LogP contribution in [0.25, 0.3) is 0 Å². The van der Waals surface area contributed by atoms with Crippen LogP contribution in [-0.2, 0) is 16.6 Å². The van der Waals surface area contributed by atoms with Crippen molar-refractivity contribution in [1.29, 1.82) is 0 Å². The van der Waals surface area contributed by atoms with E-state index in [0.717, 1.165) is 16.4 Å². The van der Waals surface area contributed by atoms with Gasteiger partial charge in [-0.2, -0.15) is 4.31 Å². The van der Waals surface area contributed by atoms with Crippen molar-refractivity contribution in [3.63, 3.8) is 0 Å². The molecule has 0 heterocycles. The van der Waals surface area contributed by atoms with E-state index in [1.54, 1.807) is 6.92 Å². The van der Waals surface area contributed by atoms with Crippen LogP contribution < -0.4 is 5.73 Å². The molecular formula is C12H16F2N2O2S. The maximum Gasteiger partial charge on any atom is 0.246 e. The molecule has 0 atom stereocenters. The molecule has 19 heavy (non-hydrogen) atoms. The highest BCUT2D eigenvalue weighted by molar-refractivity contribution is 7.89. The Labute approximate surface area is 111 Å². The highest BCUT2D eigenvalue weighted by Crippen LogP contribution is 2.23. The lowest BCUT2D eigenvalue weighted by Crippen LogP contribution is -2.29. The van der Waals surface area contributed by atoms with Gasteiger partial charge in [-0.25, -0.2) is 17.2 Å². The molecule has 0 spiro atoms. The van der Waals surface area contributed by atoms with E-state index >= 15 is 0 Å². The van der Waals surface area contributed by atoms with Gasteiger partial charge in [0.15, 0.2) is 11.6 Å². The van der Waals surface area contributed by atoms with E-state index < -0.39 is 26.6 Å². The van der Waals surface area contributed by atoms with Gasteiger partial charge in [-0.1, -0.05) is 12.2 Å². The van der Waals surface area contributed by atoms with Crippen LogP contribution in [-0.4, -0.2) is 26.3 Å². The topological polar surface area (TPSA) is 63.4 Å². The normalized spacial score (nSPS) is 11.9. The molecule has 0 aliphatic carbocycles. The quantitative estimate of drug-likeness (QED) is 0.838. The monoisotopic (exact) mass is 290 g/mol. The van der Waals surface area contributed by atoms with Crippen molar-refractivity contribution in [2.75, 3.05) is 13.6 Å². The number of hydrogen-bond acceptors (Lipinski definition) is 3. The molecule has 0 saturated heterocycles. The predicted molar refractivity (Wildman–Crippen MR) is 68.9 cm³/mol. The van der Waals surface area contributed by atoms with Crippen molar-refractivity contribution in [3.8, 4) is 0 Å². The van der Waals surface area contributed by atoms with Crippen molar-refractivity contribution in [1.82, 2.24) is 4.31 Å². The lowest BCUT2D eigenvalue weighted by molar-refractivity contribution is 0.460. The Bertz CT molecular complexity index is 600. The Hall–Kier alpha value is -1.31. The maximum atomic E-state index is 13.7. The van der Waals surface area contributed by atoms with Crippen molar-refractivity contribution in [2.24, 2.45) is 5.73 Å². The zero-order chi connectivity index (χ0) is 14.8. The molecule has 7 heteroatoms. The summed E-state index contributed by atoms with van der Waals surface area (Å²) in [6, 6.07) is 1.93. The first kappa shape index (κ1) is 15.7. The molecule has 4 nitrogen and oxygen atoms in total. The molecule has 0 bridgehead atoms. The largest absolute Gasteiger partial charge is 0.326 e. The smallest absolute Gasteiger partial charge is 0.246 e. The molecule has 0 aromatic heterocycles. The summed E-state index contributed by atoms with van der Waals surface area (Å²) >= 11 is 0. The highest BCUT2D eigenvalue weighted by atomic mass is 32.2. The van der Waals surface area contributed by atoms with E-state index in [4.69, 9.17) is 5.73 Å². The number of benzene rings is 1. The Balaban J connectivity index is 3.35. The van der Waals surface area contributed by atoms with Gasteiger partial charge in [-0.15, -0.1) is 0 Å². The van der Waals surface area contributed by atoms with Crippen molar-refractivity contribution in [2.45, 2.75) is 18.4 Å². The Morgan fingerprint density at radius 2 is 2.00 bits per heavy atom. The van der Waals surface area contributed by atoms with Gasteiger partial charge in [0.2, 0.25) is 10.0 Å². The van der Waals surface area contributed by atoms with E-state index in [9.17, 15) is 17.2 Å². The Morgan fingerprint density at radius 3 is 2.47 bits per heavy atom. The van der Waals surface area contributed by atoms with Gasteiger partial charge in [0.25, 0.3) is 0 Å². The van der Waals surface area contributed by atoms with Crippen LogP contribution in [0.15, 0.2) is 29.2 Å². The van der Waals surface area contributed by atoms with Crippen LogP contribution in [0.2, 0.25) is 0 Å². The average Bonchev–Trinajstić information content (AvgIpc) is 2.31. The number of sulfonamides is 1. The van der Waals surface area contributed by atoms with Crippen molar-refractivity contribution < 1.29 is 17.2 Å². The second-order valence-electron chi connectivity index (χ2n) is 4.31. The van der Waals surface area contributed by atoms with Crippen LogP contribution >= 0.6 is 0 Å². The number of halogens is 2. The summed E-state index contributed by atoms with van der Waals surface area (Å²) in [5.74, 6) is -2.63. The number of rotatable bonds is 5. The summed E-state index contributed by atoms with van der Waals surface area (Å²) in [6.07, 6.45) is 0. The highest BCUT2D eigenvalue weighted by Gasteiger charge is 2.27. The van der Waals surface area contributed by atoms with E-state index in [1.165, 1.54) is 7.05 Å². The number of hydrogen-bond donors (Lipinski definition) is 1. The second kappa shape index (κ2) is 5.77. The SMILES string of the molecule is C=C(C)CN(C)S(=O)(=O)c1cc(CN)cc(F)c1F. The molecule has 106 valence electrons. The molecule has 2 N–H and O–H groups in total. The average molecular weight is 290 g/mol. The zero-order valence-corrected chi connectivity index (χ0v) is 11.6. The van der Waals surface area contributed by atoms with Gasteiger partial charge in [0.05, 0.1) is 0 Å². The third-order valence-corrected chi connectivity index (χ3v) is 4.27. The number of nitrogens with two attached hydrogens (primary N) is 1. The molecule has 0 amide bonds. The molecule has 0 saturated carbocycles. The third-order valence-electron chi connectivity index (χ3n) is 2.47. The van der Waals surface area contributed by atoms with Gasteiger partial charge in [0, 0.05) is 20.1 Å². The van der Waals surface area contributed by atoms with Gasteiger partial charge >= 0.3 is 0 Å². The molecule has 0 unspecified atom stereocenters. The summed E-state index contributed by atoms with van der Waals surface area (Å²) in [4.78, 5) is -0.711. The van der Waals surface area contributed by atoms with Gasteiger partial charge in [-0.3, -0.25) is 0 Å². The summed E-state index contributed by atoms with van der Waals surface area (Å²) in [7, 11) is -2.84. The van der Waals surface area contributed by atoms with Gasteiger partial charge in [0.1, 0.15) is 4.90 Å². The van der Waals surface area contributed by atoms with E-state index in [1.807, 2.05) is 0 Å². The molecule has 0 fully saturated rings. The summed E-state index contributed by atoms with van der Waals surface area (Å²) < 4.78 is 52.2. The minimum Gasteiger partial charge on any atom is -0.326 e. The Kier molecular flexibility index (Phi) is 4.78. The molecule has 1 aromatic rings. The molecule has 1 rings (SSSR count). The first-order valence-corrected chi connectivity index (χ1v) is 6.93. The van der Waals surface area contributed by atoms with Crippen molar-refractivity contribution >= 4 is 10.0 Å². The summed E-state index contributed by atoms with van der Waals surface area (Å²) in [5, 5.41) is 0. The van der Waals surface area contributed by atoms with Crippen LogP contribution in [0.5, 0.6) is 0 Å². The number of likely N-dealkylation sites (N-methyl/N-ethyl adjacent to an activating group) is 1. The van der Waals surface area contributed by atoms with Gasteiger partial charge < -0.3 is 5.73 Å². The minimum absolute atomic E-state index is 0.0241. The second-order valence-corrected chi connectivity index (χ2v) is 6.33. The minimum atomic E-state index is -4.12. The fourth-order valence-electron chi connectivity index (χ4n) is 1.56. The molecule has 1 aromatic carbocycles. The van der Waals surface area contributed by atoms with E-state index in [-0.39, 0.29) is 18.7 Å². The third kappa shape index (κ3) is 3.37. The maximum absolute atomic E-state index is 13.7. The molecule has 0 radical (unpaired) electrons. The fourth-order valence-corrected chi connectivity index (χ4v) is 2.91. The lowest BCUT2D eigenvalue weighted by Gasteiger charge is -2.18. The van der Waals surface area contributed by atoms with Crippen LogP contribution in [0.1, 0.15) is 12.5 Å². The fraction of sp³-hybridized carbons (Fsp3) is 0.333. The molecular weight excluding hydrogens is 274 g/mol. The molecule has 0 aliphatic heterocycles. The lowest BCUT2D eigenvalue weighted by atomic mass is 10.2. The molecule has 0 aliphatic rings. The zero-order valence-electron chi connectivity index (χ0n) is 10.8. The van der Waals surface area contributed by atoms with E-state index in [2.05, 4.69) is 6.58 Å². The van der Waals surface area contributed by atoms with Crippen molar-refractivity contribution in [3.05, 3.63) is 41.5 Å². The van der Waals surface area contributed by atoms with Gasteiger partial charge in [-0.05, 0) is 24.6 Å². The van der Waals surface area contributed by atoms with Crippen LogP contribution in [0.4, 0.5) is 8.78 Å².